The van der Waals surface area contributed by atoms with E-state index in [9.17, 15) is 0 Å². The van der Waals surface area contributed by atoms with Crippen molar-refractivity contribution in [2.75, 3.05) is 11.9 Å². The van der Waals surface area contributed by atoms with Gasteiger partial charge in [-0.3, -0.25) is 0 Å². The van der Waals surface area contributed by atoms with Crippen molar-refractivity contribution in [2.45, 2.75) is 27.7 Å². The summed E-state index contributed by atoms with van der Waals surface area (Å²) < 4.78 is 0. The molecule has 0 unspecified atom stereocenters. The zero-order chi connectivity index (χ0) is 11.1. The fraction of sp³-hybridized carbons (Fsp3) is 0.667. The van der Waals surface area contributed by atoms with Gasteiger partial charge in [0, 0.05) is 18.9 Å². The molecule has 0 spiro atoms. The molecule has 0 aliphatic heterocycles. The normalized spacial score (nSPS) is 22.4. The van der Waals surface area contributed by atoms with Gasteiger partial charge in [-0.1, -0.05) is 27.7 Å². The standard InChI is InChI=1S/C12H19N3/c1-11(2)9(12(11,3)4)8-15-10-13-6-5-7-14-10/h5-7,9H,8H2,1-4H3,(H,13,14,15). The van der Waals surface area contributed by atoms with Crippen molar-refractivity contribution >= 4 is 5.95 Å². The van der Waals surface area contributed by atoms with Gasteiger partial charge in [0.1, 0.15) is 0 Å². The summed E-state index contributed by atoms with van der Waals surface area (Å²) in [7, 11) is 0. The highest BCUT2D eigenvalue weighted by Crippen LogP contribution is 2.68. The Bertz CT molecular complexity index is 329. The van der Waals surface area contributed by atoms with E-state index in [1.807, 2.05) is 6.07 Å². The highest BCUT2D eigenvalue weighted by atomic mass is 15.1. The lowest BCUT2D eigenvalue weighted by Crippen LogP contribution is -2.10. The Morgan fingerprint density at radius 2 is 1.67 bits per heavy atom. The average molecular weight is 205 g/mol. The minimum absolute atomic E-state index is 0.425. The predicted octanol–water partition coefficient (Wildman–Crippen LogP) is 2.57. The Labute approximate surface area is 91.3 Å². The molecule has 0 radical (unpaired) electrons. The fourth-order valence-corrected chi connectivity index (χ4v) is 2.43. The molecule has 0 saturated heterocycles. The van der Waals surface area contributed by atoms with E-state index in [2.05, 4.69) is 43.0 Å². The van der Waals surface area contributed by atoms with Crippen LogP contribution in [0, 0.1) is 16.7 Å². The van der Waals surface area contributed by atoms with E-state index in [4.69, 9.17) is 0 Å². The maximum absolute atomic E-state index is 4.15. The van der Waals surface area contributed by atoms with E-state index in [0.29, 0.717) is 16.7 Å². The molecule has 1 N–H and O–H groups in total. The van der Waals surface area contributed by atoms with Crippen LogP contribution >= 0.6 is 0 Å². The molecule has 1 aromatic heterocycles. The number of rotatable bonds is 3. The lowest BCUT2D eigenvalue weighted by Gasteiger charge is -2.04. The molecule has 1 aromatic rings. The minimum atomic E-state index is 0.425. The van der Waals surface area contributed by atoms with Crippen LogP contribution in [0.25, 0.3) is 0 Å². The second-order valence-corrected chi connectivity index (χ2v) is 5.45. The van der Waals surface area contributed by atoms with Gasteiger partial charge in [0.2, 0.25) is 5.95 Å². The summed E-state index contributed by atoms with van der Waals surface area (Å²) in [6.45, 7) is 10.3. The van der Waals surface area contributed by atoms with Gasteiger partial charge in [-0.2, -0.15) is 0 Å². The van der Waals surface area contributed by atoms with Gasteiger partial charge < -0.3 is 5.32 Å². The minimum Gasteiger partial charge on any atom is -0.354 e. The third-order valence-electron chi connectivity index (χ3n) is 4.35. The topological polar surface area (TPSA) is 37.8 Å². The van der Waals surface area contributed by atoms with Crippen molar-refractivity contribution in [3.8, 4) is 0 Å². The van der Waals surface area contributed by atoms with Crippen LogP contribution in [-0.2, 0) is 0 Å². The third-order valence-corrected chi connectivity index (χ3v) is 4.35. The van der Waals surface area contributed by atoms with E-state index < -0.39 is 0 Å². The molecule has 15 heavy (non-hydrogen) atoms. The van der Waals surface area contributed by atoms with E-state index in [1.54, 1.807) is 12.4 Å². The van der Waals surface area contributed by atoms with E-state index in [-0.39, 0.29) is 0 Å². The largest absolute Gasteiger partial charge is 0.354 e. The Balaban J connectivity index is 1.92. The number of hydrogen-bond donors (Lipinski definition) is 1. The molecule has 1 fully saturated rings. The number of anilines is 1. The molecule has 0 atom stereocenters. The average Bonchev–Trinajstić information content (AvgIpc) is 2.57. The lowest BCUT2D eigenvalue weighted by molar-refractivity contribution is 0.457. The maximum Gasteiger partial charge on any atom is 0.222 e. The van der Waals surface area contributed by atoms with Crippen LogP contribution in [0.3, 0.4) is 0 Å². The SMILES string of the molecule is CC1(C)C(CNc2ncccn2)C1(C)C. The van der Waals surface area contributed by atoms with E-state index in [1.165, 1.54) is 0 Å². The zero-order valence-corrected chi connectivity index (χ0v) is 9.91. The summed E-state index contributed by atoms with van der Waals surface area (Å²) in [5.74, 6) is 1.44. The van der Waals surface area contributed by atoms with Crippen LogP contribution in [0.5, 0.6) is 0 Å². The summed E-state index contributed by atoms with van der Waals surface area (Å²) in [5.41, 5.74) is 0.851. The van der Waals surface area contributed by atoms with E-state index in [0.717, 1.165) is 12.5 Å². The Hall–Kier alpha value is -1.12. The maximum atomic E-state index is 4.15. The Morgan fingerprint density at radius 1 is 1.13 bits per heavy atom. The molecular formula is C12H19N3. The van der Waals surface area contributed by atoms with Gasteiger partial charge in [0.15, 0.2) is 0 Å². The van der Waals surface area contributed by atoms with Gasteiger partial charge in [-0.05, 0) is 22.8 Å². The molecule has 3 nitrogen and oxygen atoms in total. The molecule has 1 saturated carbocycles. The first-order valence-corrected chi connectivity index (χ1v) is 5.47. The van der Waals surface area contributed by atoms with Crippen molar-refractivity contribution in [2.24, 2.45) is 16.7 Å². The van der Waals surface area contributed by atoms with Gasteiger partial charge in [0.25, 0.3) is 0 Å². The summed E-state index contributed by atoms with van der Waals surface area (Å²) in [6, 6.07) is 1.83. The zero-order valence-electron chi connectivity index (χ0n) is 9.91. The number of hydrogen-bond acceptors (Lipinski definition) is 3. The smallest absolute Gasteiger partial charge is 0.222 e. The Kier molecular flexibility index (Phi) is 2.21. The summed E-state index contributed by atoms with van der Waals surface area (Å²) in [6.07, 6.45) is 3.52. The van der Waals surface area contributed by atoms with Crippen molar-refractivity contribution < 1.29 is 0 Å². The molecule has 1 aliphatic carbocycles. The molecule has 0 amide bonds. The van der Waals surface area contributed by atoms with Crippen molar-refractivity contribution in [3.63, 3.8) is 0 Å². The third kappa shape index (κ3) is 1.60. The Morgan fingerprint density at radius 3 is 2.13 bits per heavy atom. The fourth-order valence-electron chi connectivity index (χ4n) is 2.43. The number of nitrogens with zero attached hydrogens (tertiary/aromatic N) is 2. The molecule has 3 heteroatoms. The molecule has 1 aliphatic rings. The highest BCUT2D eigenvalue weighted by Gasteiger charge is 2.64. The molecule has 82 valence electrons. The second kappa shape index (κ2) is 3.19. The molecule has 2 rings (SSSR count). The van der Waals surface area contributed by atoms with Gasteiger partial charge in [-0.25, -0.2) is 9.97 Å². The summed E-state index contributed by atoms with van der Waals surface area (Å²) in [5, 5.41) is 3.30. The molecule has 1 heterocycles. The molecule has 0 aromatic carbocycles. The van der Waals surface area contributed by atoms with Crippen LogP contribution in [-0.4, -0.2) is 16.5 Å². The second-order valence-electron chi connectivity index (χ2n) is 5.45. The predicted molar refractivity (Wildman–Crippen MR) is 61.6 cm³/mol. The van der Waals surface area contributed by atoms with Gasteiger partial charge >= 0.3 is 0 Å². The summed E-state index contributed by atoms with van der Waals surface area (Å²) >= 11 is 0. The first-order chi connectivity index (χ1) is 6.96. The van der Waals surface area contributed by atoms with Gasteiger partial charge in [-0.15, -0.1) is 0 Å². The first-order valence-electron chi connectivity index (χ1n) is 5.47. The molecular weight excluding hydrogens is 186 g/mol. The van der Waals surface area contributed by atoms with Crippen LogP contribution < -0.4 is 5.32 Å². The lowest BCUT2D eigenvalue weighted by atomic mass is 10.0. The van der Waals surface area contributed by atoms with Crippen molar-refractivity contribution in [3.05, 3.63) is 18.5 Å². The number of aromatic nitrogens is 2. The van der Waals surface area contributed by atoms with Crippen LogP contribution in [0.2, 0.25) is 0 Å². The first kappa shape index (κ1) is 10.4. The van der Waals surface area contributed by atoms with Crippen molar-refractivity contribution in [1.82, 2.24) is 9.97 Å². The molecule has 0 bridgehead atoms. The van der Waals surface area contributed by atoms with Crippen LogP contribution in [0.15, 0.2) is 18.5 Å². The van der Waals surface area contributed by atoms with Gasteiger partial charge in [0.05, 0.1) is 0 Å². The highest BCUT2D eigenvalue weighted by molar-refractivity contribution is 5.25. The monoisotopic (exact) mass is 205 g/mol. The number of nitrogens with one attached hydrogen (secondary N) is 1. The quantitative estimate of drug-likeness (QED) is 0.824. The van der Waals surface area contributed by atoms with Crippen LogP contribution in [0.4, 0.5) is 5.95 Å². The van der Waals surface area contributed by atoms with E-state index >= 15 is 0 Å². The van der Waals surface area contributed by atoms with Crippen LogP contribution in [0.1, 0.15) is 27.7 Å². The van der Waals surface area contributed by atoms with Crippen molar-refractivity contribution in [1.29, 1.82) is 0 Å². The summed E-state index contributed by atoms with van der Waals surface area (Å²) in [4.78, 5) is 8.30.